The minimum absolute atomic E-state index is 0.0729. The molecular formula is C15H14ClN3O. The monoisotopic (exact) mass is 287 g/mol. The molecule has 102 valence electrons. The maximum atomic E-state index is 12.6. The van der Waals surface area contributed by atoms with Crippen LogP contribution in [0.2, 0.25) is 5.02 Å². The average Bonchev–Trinajstić information content (AvgIpc) is 3.30. The van der Waals surface area contributed by atoms with Gasteiger partial charge in [-0.05, 0) is 31.0 Å². The lowest BCUT2D eigenvalue weighted by Gasteiger charge is -2.22. The van der Waals surface area contributed by atoms with E-state index in [-0.39, 0.29) is 5.91 Å². The largest absolute Gasteiger partial charge is 0.330 e. The van der Waals surface area contributed by atoms with Crippen LogP contribution in [0.15, 0.2) is 42.9 Å². The summed E-state index contributed by atoms with van der Waals surface area (Å²) >= 11 is 6.09. The van der Waals surface area contributed by atoms with Crippen molar-refractivity contribution in [3.8, 4) is 0 Å². The Labute approximate surface area is 122 Å². The molecule has 0 aliphatic heterocycles. The maximum absolute atomic E-state index is 12.6. The van der Waals surface area contributed by atoms with Gasteiger partial charge in [0, 0.05) is 24.6 Å². The van der Waals surface area contributed by atoms with Gasteiger partial charge in [0.25, 0.3) is 5.91 Å². The predicted molar refractivity (Wildman–Crippen MR) is 76.4 cm³/mol. The lowest BCUT2D eigenvalue weighted by Crippen LogP contribution is -2.33. The van der Waals surface area contributed by atoms with Crippen molar-refractivity contribution in [3.63, 3.8) is 0 Å². The lowest BCUT2D eigenvalue weighted by molar-refractivity contribution is 0.0727. The molecule has 0 spiro atoms. The van der Waals surface area contributed by atoms with Crippen LogP contribution in [-0.4, -0.2) is 26.8 Å². The van der Waals surface area contributed by atoms with Gasteiger partial charge < -0.3 is 4.90 Å². The summed E-state index contributed by atoms with van der Waals surface area (Å²) in [4.78, 5) is 22.7. The summed E-state index contributed by atoms with van der Waals surface area (Å²) in [6, 6.07) is 7.65. The van der Waals surface area contributed by atoms with Crippen LogP contribution in [0.3, 0.4) is 0 Å². The third-order valence-electron chi connectivity index (χ3n) is 3.31. The number of amides is 1. The van der Waals surface area contributed by atoms with E-state index >= 15 is 0 Å². The highest BCUT2D eigenvalue weighted by molar-refractivity contribution is 6.33. The van der Waals surface area contributed by atoms with Gasteiger partial charge in [-0.3, -0.25) is 14.8 Å². The van der Waals surface area contributed by atoms with Crippen LogP contribution < -0.4 is 0 Å². The van der Waals surface area contributed by atoms with Crippen molar-refractivity contribution in [2.24, 2.45) is 0 Å². The molecule has 0 bridgehead atoms. The smallest absolute Gasteiger partial charge is 0.257 e. The Bertz CT molecular complexity index is 614. The van der Waals surface area contributed by atoms with E-state index in [0.29, 0.717) is 23.2 Å². The summed E-state index contributed by atoms with van der Waals surface area (Å²) in [5.41, 5.74) is 1.34. The fraction of sp³-hybridized carbons (Fsp3) is 0.267. The molecule has 3 rings (SSSR count). The molecule has 5 heteroatoms. The number of carbonyl (C=O) groups is 1. The highest BCUT2D eigenvalue weighted by Gasteiger charge is 2.34. The predicted octanol–water partition coefficient (Wildman–Crippen LogP) is 2.93. The first-order chi connectivity index (χ1) is 9.75. The number of halogens is 1. The first-order valence-electron chi connectivity index (χ1n) is 6.56. The van der Waals surface area contributed by atoms with Gasteiger partial charge in [-0.1, -0.05) is 17.7 Å². The number of pyridine rings is 2. The molecule has 1 amide bonds. The fourth-order valence-electron chi connectivity index (χ4n) is 2.11. The molecule has 0 N–H and O–H groups in total. The third kappa shape index (κ3) is 2.80. The van der Waals surface area contributed by atoms with Crippen LogP contribution >= 0.6 is 11.6 Å². The summed E-state index contributed by atoms with van der Waals surface area (Å²) in [5.74, 6) is -0.0729. The van der Waals surface area contributed by atoms with Crippen molar-refractivity contribution in [2.75, 3.05) is 0 Å². The Morgan fingerprint density at radius 2 is 2.15 bits per heavy atom. The quantitative estimate of drug-likeness (QED) is 0.868. The van der Waals surface area contributed by atoms with Gasteiger partial charge in [0.05, 0.1) is 22.8 Å². The van der Waals surface area contributed by atoms with Crippen LogP contribution in [0.25, 0.3) is 0 Å². The van der Waals surface area contributed by atoms with E-state index < -0.39 is 0 Å². The number of nitrogens with zero attached hydrogens (tertiary/aromatic N) is 3. The zero-order valence-electron chi connectivity index (χ0n) is 10.9. The Morgan fingerprint density at radius 3 is 2.80 bits per heavy atom. The number of aromatic nitrogens is 2. The second-order valence-electron chi connectivity index (χ2n) is 4.84. The molecule has 1 fully saturated rings. The van der Waals surface area contributed by atoms with Crippen molar-refractivity contribution in [1.29, 1.82) is 0 Å². The van der Waals surface area contributed by atoms with Gasteiger partial charge in [-0.2, -0.15) is 0 Å². The first kappa shape index (κ1) is 13.1. The van der Waals surface area contributed by atoms with E-state index in [2.05, 4.69) is 9.97 Å². The topological polar surface area (TPSA) is 46.1 Å². The van der Waals surface area contributed by atoms with Crippen LogP contribution in [0.4, 0.5) is 0 Å². The molecule has 2 aromatic rings. The Balaban J connectivity index is 1.84. The van der Waals surface area contributed by atoms with Crippen LogP contribution in [0.1, 0.15) is 28.9 Å². The molecule has 2 aromatic heterocycles. The van der Waals surface area contributed by atoms with Gasteiger partial charge in [0.15, 0.2) is 0 Å². The van der Waals surface area contributed by atoms with Crippen molar-refractivity contribution in [3.05, 3.63) is 59.1 Å². The normalized spacial score (nSPS) is 14.1. The minimum Gasteiger partial charge on any atom is -0.330 e. The van der Waals surface area contributed by atoms with E-state index in [0.717, 1.165) is 18.5 Å². The minimum atomic E-state index is -0.0729. The van der Waals surface area contributed by atoms with E-state index in [1.807, 2.05) is 23.1 Å². The molecule has 0 radical (unpaired) electrons. The number of hydrogen-bond acceptors (Lipinski definition) is 3. The zero-order valence-corrected chi connectivity index (χ0v) is 11.6. The zero-order chi connectivity index (χ0) is 13.9. The molecule has 1 aliphatic carbocycles. The number of rotatable bonds is 4. The van der Waals surface area contributed by atoms with Gasteiger partial charge >= 0.3 is 0 Å². The van der Waals surface area contributed by atoms with Crippen molar-refractivity contribution >= 4 is 17.5 Å². The maximum Gasteiger partial charge on any atom is 0.257 e. The molecule has 0 saturated heterocycles. The second-order valence-corrected chi connectivity index (χ2v) is 5.25. The number of hydrogen-bond donors (Lipinski definition) is 0. The molecule has 4 nitrogen and oxygen atoms in total. The summed E-state index contributed by atoms with van der Waals surface area (Å²) in [5, 5.41) is 0.441. The van der Waals surface area contributed by atoms with Gasteiger partial charge in [0.2, 0.25) is 0 Å². The Morgan fingerprint density at radius 1 is 1.30 bits per heavy atom. The number of carbonyl (C=O) groups excluding carboxylic acids is 1. The Kier molecular flexibility index (Phi) is 3.65. The molecule has 0 aromatic carbocycles. The SMILES string of the molecule is O=C(c1cnccc1Cl)N(Cc1ccccn1)C1CC1. The van der Waals surface area contributed by atoms with Crippen molar-refractivity contribution in [2.45, 2.75) is 25.4 Å². The second kappa shape index (κ2) is 5.59. The van der Waals surface area contributed by atoms with E-state index in [9.17, 15) is 4.79 Å². The standard InChI is InChI=1S/C15H14ClN3O/c16-14-6-8-17-9-13(14)15(20)19(12-4-5-12)10-11-3-1-2-7-18-11/h1-3,6-9,12H,4-5,10H2. The molecule has 0 unspecified atom stereocenters. The third-order valence-corrected chi connectivity index (χ3v) is 3.63. The highest BCUT2D eigenvalue weighted by Crippen LogP contribution is 2.30. The summed E-state index contributed by atoms with van der Waals surface area (Å²) in [7, 11) is 0. The summed E-state index contributed by atoms with van der Waals surface area (Å²) in [6.07, 6.45) is 6.92. The average molecular weight is 288 g/mol. The van der Waals surface area contributed by atoms with E-state index in [4.69, 9.17) is 11.6 Å². The van der Waals surface area contributed by atoms with Crippen LogP contribution in [0.5, 0.6) is 0 Å². The van der Waals surface area contributed by atoms with Crippen LogP contribution in [-0.2, 0) is 6.54 Å². The van der Waals surface area contributed by atoms with Crippen molar-refractivity contribution in [1.82, 2.24) is 14.9 Å². The molecule has 1 aliphatic rings. The van der Waals surface area contributed by atoms with E-state index in [1.165, 1.54) is 6.20 Å². The van der Waals surface area contributed by atoms with Crippen molar-refractivity contribution < 1.29 is 4.79 Å². The molecule has 2 heterocycles. The molecular weight excluding hydrogens is 274 g/mol. The fourth-order valence-corrected chi connectivity index (χ4v) is 2.29. The summed E-state index contributed by atoms with van der Waals surface area (Å²) in [6.45, 7) is 0.509. The van der Waals surface area contributed by atoms with Gasteiger partial charge in [-0.25, -0.2) is 0 Å². The highest BCUT2D eigenvalue weighted by atomic mass is 35.5. The Hall–Kier alpha value is -1.94. The molecule has 20 heavy (non-hydrogen) atoms. The van der Waals surface area contributed by atoms with Crippen LogP contribution in [0, 0.1) is 0 Å². The lowest BCUT2D eigenvalue weighted by atomic mass is 10.2. The first-order valence-corrected chi connectivity index (χ1v) is 6.94. The van der Waals surface area contributed by atoms with Gasteiger partial charge in [0.1, 0.15) is 0 Å². The van der Waals surface area contributed by atoms with Gasteiger partial charge in [-0.15, -0.1) is 0 Å². The molecule has 1 saturated carbocycles. The molecule has 0 atom stereocenters. The summed E-state index contributed by atoms with van der Waals surface area (Å²) < 4.78 is 0. The van der Waals surface area contributed by atoms with E-state index in [1.54, 1.807) is 18.5 Å².